The van der Waals surface area contributed by atoms with Gasteiger partial charge >= 0.3 is 0 Å². The minimum absolute atomic E-state index is 0.0189. The van der Waals surface area contributed by atoms with Gasteiger partial charge in [0.1, 0.15) is 11.6 Å². The van der Waals surface area contributed by atoms with E-state index in [0.717, 1.165) is 67.0 Å². The Hall–Kier alpha value is -2.74. The number of amides is 1. The number of hydrogen-bond acceptors (Lipinski definition) is 5. The number of fused-ring (bicyclic) bond motifs is 1. The van der Waals surface area contributed by atoms with E-state index in [1.165, 1.54) is 6.07 Å². The fraction of sp³-hybridized carbons (Fsp3) is 0.429. The number of hydrogen-bond donors (Lipinski definition) is 1. The third-order valence-electron chi connectivity index (χ3n) is 6.31. The summed E-state index contributed by atoms with van der Waals surface area (Å²) >= 11 is 6.07. The first-order valence-electron chi connectivity index (χ1n) is 12.4. The highest BCUT2D eigenvalue weighted by Gasteiger charge is 2.19. The molecule has 0 spiro atoms. The number of morpholine rings is 1. The summed E-state index contributed by atoms with van der Waals surface area (Å²) in [6, 6.07) is 10.4. The Morgan fingerprint density at radius 2 is 2.00 bits per heavy atom. The average Bonchev–Trinajstić information content (AvgIpc) is 2.85. The Kier molecular flexibility index (Phi) is 8.77. The van der Waals surface area contributed by atoms with Gasteiger partial charge in [0.2, 0.25) is 5.91 Å². The molecule has 6 nitrogen and oxygen atoms in total. The summed E-state index contributed by atoms with van der Waals surface area (Å²) in [5, 5.41) is 3.89. The van der Waals surface area contributed by atoms with E-state index in [2.05, 4.69) is 10.2 Å². The average molecular weight is 514 g/mol. The van der Waals surface area contributed by atoms with Crippen LogP contribution in [0.25, 0.3) is 22.2 Å². The van der Waals surface area contributed by atoms with E-state index >= 15 is 0 Å². The van der Waals surface area contributed by atoms with Crippen molar-refractivity contribution in [3.05, 3.63) is 58.4 Å². The van der Waals surface area contributed by atoms with Gasteiger partial charge in [0.15, 0.2) is 0 Å². The van der Waals surface area contributed by atoms with E-state index in [4.69, 9.17) is 26.1 Å². The molecule has 1 aromatic heterocycles. The first-order valence-corrected chi connectivity index (χ1v) is 12.8. The molecule has 1 aliphatic heterocycles. The van der Waals surface area contributed by atoms with Crippen molar-refractivity contribution in [3.63, 3.8) is 0 Å². The van der Waals surface area contributed by atoms with Crippen LogP contribution in [0.2, 0.25) is 5.02 Å². The van der Waals surface area contributed by atoms with Crippen LogP contribution in [0.15, 0.2) is 36.4 Å². The van der Waals surface area contributed by atoms with Gasteiger partial charge in [-0.05, 0) is 74.7 Å². The number of aromatic nitrogens is 1. The number of nitrogens with one attached hydrogen (secondary N) is 1. The summed E-state index contributed by atoms with van der Waals surface area (Å²) in [6.07, 6.45) is 1.09. The van der Waals surface area contributed by atoms with E-state index in [1.54, 1.807) is 12.1 Å². The van der Waals surface area contributed by atoms with E-state index in [-0.39, 0.29) is 23.4 Å². The summed E-state index contributed by atoms with van der Waals surface area (Å²) in [4.78, 5) is 20.0. The van der Waals surface area contributed by atoms with Gasteiger partial charge in [-0.3, -0.25) is 9.69 Å². The molecule has 8 heteroatoms. The topological polar surface area (TPSA) is 63.7 Å². The second-order valence-electron chi connectivity index (χ2n) is 9.43. The number of aryl methyl sites for hydroxylation is 1. The molecule has 1 fully saturated rings. The lowest BCUT2D eigenvalue weighted by atomic mass is 9.95. The van der Waals surface area contributed by atoms with Crippen molar-refractivity contribution < 1.29 is 18.7 Å². The Morgan fingerprint density at radius 3 is 2.72 bits per heavy atom. The van der Waals surface area contributed by atoms with Gasteiger partial charge in [-0.25, -0.2) is 9.37 Å². The third kappa shape index (κ3) is 6.52. The van der Waals surface area contributed by atoms with Gasteiger partial charge in [-0.15, -0.1) is 0 Å². The Bertz CT molecular complexity index is 1230. The predicted octanol–water partition coefficient (Wildman–Crippen LogP) is 5.17. The third-order valence-corrected chi connectivity index (χ3v) is 6.60. The van der Waals surface area contributed by atoms with Crippen molar-refractivity contribution in [2.45, 2.75) is 39.7 Å². The summed E-state index contributed by atoms with van der Waals surface area (Å²) in [7, 11) is 0. The van der Waals surface area contributed by atoms with Crippen LogP contribution in [0.1, 0.15) is 31.4 Å². The van der Waals surface area contributed by atoms with Crippen molar-refractivity contribution >= 4 is 28.4 Å². The molecule has 0 aliphatic carbocycles. The van der Waals surface area contributed by atoms with Gasteiger partial charge in [0.05, 0.1) is 42.5 Å². The lowest BCUT2D eigenvalue weighted by Gasteiger charge is -2.26. The zero-order valence-electron chi connectivity index (χ0n) is 21.1. The lowest BCUT2D eigenvalue weighted by Crippen LogP contribution is -2.37. The predicted molar refractivity (Wildman–Crippen MR) is 141 cm³/mol. The molecule has 192 valence electrons. The van der Waals surface area contributed by atoms with Crippen molar-refractivity contribution in [1.29, 1.82) is 0 Å². The molecule has 4 rings (SSSR count). The second kappa shape index (κ2) is 12.0. The first-order chi connectivity index (χ1) is 17.3. The van der Waals surface area contributed by atoms with Crippen LogP contribution in [-0.4, -0.2) is 61.3 Å². The molecular weight excluding hydrogens is 481 g/mol. The summed E-state index contributed by atoms with van der Waals surface area (Å²) in [6.45, 7) is 11.0. The van der Waals surface area contributed by atoms with E-state index in [1.807, 2.05) is 39.0 Å². The molecule has 0 saturated carbocycles. The Balaban J connectivity index is 1.61. The normalized spacial score (nSPS) is 14.4. The smallest absolute Gasteiger partial charge is 0.224 e. The van der Waals surface area contributed by atoms with Crippen molar-refractivity contribution in [2.75, 3.05) is 39.5 Å². The van der Waals surface area contributed by atoms with Crippen molar-refractivity contribution in [3.8, 4) is 17.0 Å². The molecular formula is C28H33ClFN3O3. The molecule has 2 aromatic carbocycles. The number of halogens is 2. The quantitative estimate of drug-likeness (QED) is 0.400. The molecule has 0 bridgehead atoms. The zero-order chi connectivity index (χ0) is 25.7. The molecule has 2 heterocycles. The number of carbonyl (C=O) groups excluding carboxylic acids is 1. The number of carbonyl (C=O) groups is 1. The molecule has 0 radical (unpaired) electrons. The summed E-state index contributed by atoms with van der Waals surface area (Å²) in [5.74, 6) is 0.177. The summed E-state index contributed by atoms with van der Waals surface area (Å²) < 4.78 is 25.3. The lowest BCUT2D eigenvalue weighted by molar-refractivity contribution is -0.120. The maximum Gasteiger partial charge on any atom is 0.224 e. The van der Waals surface area contributed by atoms with Crippen LogP contribution in [0.4, 0.5) is 4.39 Å². The zero-order valence-corrected chi connectivity index (χ0v) is 21.8. The highest BCUT2D eigenvalue weighted by molar-refractivity contribution is 6.31. The minimum atomic E-state index is -0.493. The van der Waals surface area contributed by atoms with Crippen LogP contribution in [0.3, 0.4) is 0 Å². The highest BCUT2D eigenvalue weighted by atomic mass is 35.5. The number of rotatable bonds is 9. The molecule has 1 N–H and O–H groups in total. The van der Waals surface area contributed by atoms with Crippen LogP contribution in [0, 0.1) is 12.7 Å². The molecule has 0 atom stereocenters. The maximum absolute atomic E-state index is 13.8. The van der Waals surface area contributed by atoms with Crippen LogP contribution < -0.4 is 10.1 Å². The standard InChI is InChI=1S/C28H33ClFN3O3/c1-18(2)31-27(34)17-23-19(3)22-16-21(36-12-4-9-33-10-13-35-14-11-33)6-8-26(22)32-28(23)20-5-7-25(30)24(29)15-20/h5-8,15-16,18H,4,9-14,17H2,1-3H3,(H,31,34). The van der Waals surface area contributed by atoms with Gasteiger partial charge in [0, 0.05) is 36.6 Å². The number of nitrogens with zero attached hydrogens (tertiary/aromatic N) is 2. The first kappa shape index (κ1) is 26.3. The van der Waals surface area contributed by atoms with E-state index in [0.29, 0.717) is 17.9 Å². The summed E-state index contributed by atoms with van der Waals surface area (Å²) in [5.41, 5.74) is 3.79. The highest BCUT2D eigenvalue weighted by Crippen LogP contribution is 2.33. The molecule has 36 heavy (non-hydrogen) atoms. The van der Waals surface area contributed by atoms with E-state index in [9.17, 15) is 9.18 Å². The van der Waals surface area contributed by atoms with Crippen LogP contribution >= 0.6 is 11.6 Å². The molecule has 1 amide bonds. The number of pyridine rings is 1. The fourth-order valence-electron chi connectivity index (χ4n) is 4.47. The van der Waals surface area contributed by atoms with Gasteiger partial charge in [0.25, 0.3) is 0 Å². The molecule has 1 aliphatic rings. The van der Waals surface area contributed by atoms with Crippen LogP contribution in [0.5, 0.6) is 5.75 Å². The largest absolute Gasteiger partial charge is 0.494 e. The SMILES string of the molecule is Cc1c(CC(=O)NC(C)C)c(-c2ccc(F)c(Cl)c2)nc2ccc(OCCCN3CCOCC3)cc12. The fourth-order valence-corrected chi connectivity index (χ4v) is 4.65. The molecule has 1 saturated heterocycles. The molecule has 0 unspecified atom stereocenters. The Labute approximate surface area is 216 Å². The number of benzene rings is 2. The Morgan fingerprint density at radius 1 is 1.22 bits per heavy atom. The number of ether oxygens (including phenoxy) is 2. The van der Waals surface area contributed by atoms with Crippen molar-refractivity contribution in [2.24, 2.45) is 0 Å². The minimum Gasteiger partial charge on any atom is -0.494 e. The van der Waals surface area contributed by atoms with Crippen LogP contribution in [-0.2, 0) is 16.0 Å². The second-order valence-corrected chi connectivity index (χ2v) is 9.83. The maximum atomic E-state index is 13.8. The van der Waals surface area contributed by atoms with E-state index < -0.39 is 5.82 Å². The van der Waals surface area contributed by atoms with Gasteiger partial charge in [-0.1, -0.05) is 11.6 Å². The monoisotopic (exact) mass is 513 g/mol. The van der Waals surface area contributed by atoms with Gasteiger partial charge < -0.3 is 14.8 Å². The van der Waals surface area contributed by atoms with Gasteiger partial charge in [-0.2, -0.15) is 0 Å². The molecule has 3 aromatic rings. The van der Waals surface area contributed by atoms with Crippen molar-refractivity contribution in [1.82, 2.24) is 15.2 Å².